The van der Waals surface area contributed by atoms with Crippen LogP contribution in [0.1, 0.15) is 46.5 Å². The highest BCUT2D eigenvalue weighted by Crippen LogP contribution is 2.41. The Morgan fingerprint density at radius 3 is 2.56 bits per heavy atom. The molecule has 1 unspecified atom stereocenters. The maximum absolute atomic E-state index is 14.1. The van der Waals surface area contributed by atoms with E-state index in [4.69, 9.17) is 31.3 Å². The fourth-order valence-corrected chi connectivity index (χ4v) is 6.53. The number of carbonyl (C=O) groups excluding carboxylic acids is 1. The van der Waals surface area contributed by atoms with Gasteiger partial charge in [0.25, 0.3) is 11.5 Å². The summed E-state index contributed by atoms with van der Waals surface area (Å²) in [6.07, 6.45) is 4.82. The van der Waals surface area contributed by atoms with Gasteiger partial charge in [-0.2, -0.15) is 0 Å². The SMILES string of the molecule is COc1ccc(CN2CN(C)C(=O)c3c2nc(C)nc3N2CCCC2c2nc3cccc(Cl)c3c(=O)n2-c2cccnc2)cc1. The van der Waals surface area contributed by atoms with E-state index >= 15 is 0 Å². The van der Waals surface area contributed by atoms with Gasteiger partial charge in [-0.3, -0.25) is 19.1 Å². The molecule has 5 aromatic rings. The third kappa shape index (κ3) is 5.02. The van der Waals surface area contributed by atoms with Gasteiger partial charge in [0.05, 0.1) is 47.6 Å². The summed E-state index contributed by atoms with van der Waals surface area (Å²) in [7, 11) is 3.42. The smallest absolute Gasteiger partial charge is 0.267 e. The lowest BCUT2D eigenvalue weighted by atomic mass is 10.1. The van der Waals surface area contributed by atoms with Crippen molar-refractivity contribution in [1.29, 1.82) is 0 Å². The molecule has 0 spiro atoms. The standard InChI is InChI=1S/C33H31ClN8O3/c1-20-36-30-28(32(43)39(2)19-40(30)18-21-11-13-23(45-3)14-12-21)31(37-20)41-16-6-10-26(41)29-38-25-9-4-8-24(34)27(25)33(44)42(29)22-7-5-15-35-17-22/h4-5,7-9,11-15,17,26H,6,10,16,18-19H2,1-3H3. The Morgan fingerprint density at radius 2 is 1.80 bits per heavy atom. The largest absolute Gasteiger partial charge is 0.497 e. The molecule has 11 nitrogen and oxygen atoms in total. The van der Waals surface area contributed by atoms with Gasteiger partial charge in [0.2, 0.25) is 0 Å². The molecule has 0 bridgehead atoms. The molecular formula is C33H31ClN8O3. The lowest BCUT2D eigenvalue weighted by Gasteiger charge is -2.38. The highest BCUT2D eigenvalue weighted by Gasteiger charge is 2.39. The molecule has 2 aliphatic rings. The molecule has 0 N–H and O–H groups in total. The minimum atomic E-state index is -0.352. The fourth-order valence-electron chi connectivity index (χ4n) is 6.28. The Morgan fingerprint density at radius 1 is 1.00 bits per heavy atom. The highest BCUT2D eigenvalue weighted by atomic mass is 35.5. The lowest BCUT2D eigenvalue weighted by Crippen LogP contribution is -2.46. The number of hydrogen-bond donors (Lipinski definition) is 0. The van der Waals surface area contributed by atoms with E-state index < -0.39 is 0 Å². The molecule has 12 heteroatoms. The number of ether oxygens (including phenoxy) is 1. The minimum Gasteiger partial charge on any atom is -0.497 e. The highest BCUT2D eigenvalue weighted by molar-refractivity contribution is 6.35. The van der Waals surface area contributed by atoms with Crippen molar-refractivity contribution in [2.24, 2.45) is 0 Å². The molecule has 2 aromatic carbocycles. The molecule has 2 aliphatic heterocycles. The monoisotopic (exact) mass is 622 g/mol. The fraction of sp³-hybridized carbons (Fsp3) is 0.273. The first-order valence-corrected chi connectivity index (χ1v) is 15.1. The van der Waals surface area contributed by atoms with Crippen molar-refractivity contribution in [1.82, 2.24) is 29.4 Å². The predicted octanol–water partition coefficient (Wildman–Crippen LogP) is 4.93. The number of hydrogen-bond acceptors (Lipinski definition) is 9. The van der Waals surface area contributed by atoms with Gasteiger partial charge in [-0.05, 0) is 61.7 Å². The summed E-state index contributed by atoms with van der Waals surface area (Å²) in [5.74, 6) is 2.84. The van der Waals surface area contributed by atoms with E-state index in [-0.39, 0.29) is 17.5 Å². The second kappa shape index (κ2) is 11.5. The summed E-state index contributed by atoms with van der Waals surface area (Å²) in [6.45, 7) is 3.39. The zero-order valence-corrected chi connectivity index (χ0v) is 25.9. The number of carbonyl (C=O) groups is 1. The number of nitrogens with zero attached hydrogens (tertiary/aromatic N) is 8. The topological polar surface area (TPSA) is 110 Å². The number of methoxy groups -OCH3 is 1. The number of halogens is 1. The van der Waals surface area contributed by atoms with Gasteiger partial charge < -0.3 is 19.4 Å². The molecule has 5 heterocycles. The molecule has 228 valence electrons. The Hall–Kier alpha value is -5.03. The van der Waals surface area contributed by atoms with Crippen molar-refractivity contribution < 1.29 is 9.53 Å². The van der Waals surface area contributed by atoms with Gasteiger partial charge in [0, 0.05) is 26.3 Å². The number of aryl methyl sites for hydroxylation is 1. The predicted molar refractivity (Wildman–Crippen MR) is 172 cm³/mol. The first kappa shape index (κ1) is 28.7. The zero-order valence-electron chi connectivity index (χ0n) is 25.1. The second-order valence-corrected chi connectivity index (χ2v) is 11.7. The molecule has 1 atom stereocenters. The van der Waals surface area contributed by atoms with Crippen LogP contribution >= 0.6 is 11.6 Å². The van der Waals surface area contributed by atoms with E-state index in [1.807, 2.05) is 37.3 Å². The molecule has 0 aliphatic carbocycles. The van der Waals surface area contributed by atoms with Crippen molar-refractivity contribution in [3.05, 3.63) is 105 Å². The van der Waals surface area contributed by atoms with Gasteiger partial charge in [-0.1, -0.05) is 29.8 Å². The molecule has 7 rings (SSSR count). The first-order valence-electron chi connectivity index (χ1n) is 14.7. The van der Waals surface area contributed by atoms with E-state index in [9.17, 15) is 9.59 Å². The van der Waals surface area contributed by atoms with Gasteiger partial charge in [-0.15, -0.1) is 0 Å². The molecule has 3 aromatic heterocycles. The maximum Gasteiger partial charge on any atom is 0.267 e. The molecular weight excluding hydrogens is 592 g/mol. The van der Waals surface area contributed by atoms with Crippen LogP contribution < -0.4 is 20.1 Å². The zero-order chi connectivity index (χ0) is 31.2. The third-order valence-electron chi connectivity index (χ3n) is 8.36. The van der Waals surface area contributed by atoms with E-state index in [1.54, 1.807) is 60.3 Å². The van der Waals surface area contributed by atoms with E-state index in [0.29, 0.717) is 76.6 Å². The van der Waals surface area contributed by atoms with E-state index in [0.717, 1.165) is 17.7 Å². The van der Waals surface area contributed by atoms with Crippen LogP contribution in [0.15, 0.2) is 71.8 Å². The summed E-state index contributed by atoms with van der Waals surface area (Å²) in [5.41, 5.74) is 2.32. The van der Waals surface area contributed by atoms with Crippen LogP contribution in [0.5, 0.6) is 5.75 Å². The Labute approximate surface area is 264 Å². The van der Waals surface area contributed by atoms with Crippen molar-refractivity contribution >= 4 is 40.0 Å². The normalized spacial score (nSPS) is 16.4. The van der Waals surface area contributed by atoms with E-state index in [2.05, 4.69) is 14.8 Å². The van der Waals surface area contributed by atoms with Crippen LogP contribution in [-0.4, -0.2) is 62.7 Å². The first-order chi connectivity index (χ1) is 21.8. The van der Waals surface area contributed by atoms with Crippen LogP contribution in [-0.2, 0) is 6.54 Å². The third-order valence-corrected chi connectivity index (χ3v) is 8.67. The van der Waals surface area contributed by atoms with Crippen LogP contribution in [0.2, 0.25) is 5.02 Å². The number of anilines is 2. The van der Waals surface area contributed by atoms with E-state index in [1.165, 1.54) is 0 Å². The lowest BCUT2D eigenvalue weighted by molar-refractivity contribution is 0.0780. The maximum atomic E-state index is 14.1. The summed E-state index contributed by atoms with van der Waals surface area (Å²) < 4.78 is 6.92. The Balaban J connectivity index is 1.37. The number of fused-ring (bicyclic) bond motifs is 2. The molecule has 1 saturated heterocycles. The average molecular weight is 623 g/mol. The molecule has 1 fully saturated rings. The summed E-state index contributed by atoms with van der Waals surface area (Å²) >= 11 is 6.52. The summed E-state index contributed by atoms with van der Waals surface area (Å²) in [4.78, 5) is 52.8. The minimum absolute atomic E-state index is 0.153. The number of rotatable bonds is 6. The second-order valence-electron chi connectivity index (χ2n) is 11.3. The van der Waals surface area contributed by atoms with Crippen LogP contribution in [0, 0.1) is 6.92 Å². The van der Waals surface area contributed by atoms with Gasteiger partial charge in [0.1, 0.15) is 34.6 Å². The Kier molecular flexibility index (Phi) is 7.33. The van der Waals surface area contributed by atoms with Gasteiger partial charge in [0.15, 0.2) is 0 Å². The Bertz CT molecular complexity index is 1980. The molecule has 1 amide bonds. The molecule has 0 saturated carbocycles. The van der Waals surface area contributed by atoms with Crippen molar-refractivity contribution in [2.45, 2.75) is 32.4 Å². The van der Waals surface area contributed by atoms with Gasteiger partial charge >= 0.3 is 0 Å². The van der Waals surface area contributed by atoms with Crippen molar-refractivity contribution in [2.75, 3.05) is 37.2 Å². The number of benzene rings is 2. The van der Waals surface area contributed by atoms with Crippen molar-refractivity contribution in [3.63, 3.8) is 0 Å². The summed E-state index contributed by atoms with van der Waals surface area (Å²) in [5, 5.41) is 0.682. The number of aromatic nitrogens is 5. The van der Waals surface area contributed by atoms with Gasteiger partial charge in [-0.25, -0.2) is 15.0 Å². The average Bonchev–Trinajstić information content (AvgIpc) is 3.54. The molecule has 45 heavy (non-hydrogen) atoms. The number of amides is 1. The molecule has 0 radical (unpaired) electrons. The van der Waals surface area contributed by atoms with Crippen LogP contribution in [0.25, 0.3) is 16.6 Å². The van der Waals surface area contributed by atoms with Crippen molar-refractivity contribution in [3.8, 4) is 11.4 Å². The number of pyridine rings is 1. The van der Waals surface area contributed by atoms with Crippen LogP contribution in [0.4, 0.5) is 11.6 Å². The van der Waals surface area contributed by atoms with Crippen LogP contribution in [0.3, 0.4) is 0 Å². The quantitative estimate of drug-likeness (QED) is 0.260. The summed E-state index contributed by atoms with van der Waals surface area (Å²) in [6, 6.07) is 16.4.